The summed E-state index contributed by atoms with van der Waals surface area (Å²) < 4.78 is 41.5. The van der Waals surface area contributed by atoms with E-state index in [0.29, 0.717) is 0 Å². The number of rotatable bonds is 8. The summed E-state index contributed by atoms with van der Waals surface area (Å²) in [5.74, 6) is -0.426. The smallest absolute Gasteiger partial charge is 0.389 e. The fourth-order valence-electron chi connectivity index (χ4n) is 1.27. The van der Waals surface area contributed by atoms with Gasteiger partial charge in [-0.1, -0.05) is 5.11 Å². The number of alkyl halides is 4. The number of carbonyl (C=O) groups is 1. The molecule has 5 nitrogen and oxygen atoms in total. The van der Waals surface area contributed by atoms with Crippen molar-refractivity contribution in [3.63, 3.8) is 0 Å². The molecule has 1 unspecified atom stereocenters. The Balaban J connectivity index is 4.14. The minimum atomic E-state index is -4.39. The lowest BCUT2D eigenvalue weighted by atomic mass is 9.97. The van der Waals surface area contributed by atoms with E-state index < -0.39 is 30.0 Å². The van der Waals surface area contributed by atoms with Crippen LogP contribution < -0.4 is 0 Å². The zero-order valence-electron chi connectivity index (χ0n) is 11.3. The Bertz CT molecular complexity index is 368. The summed E-state index contributed by atoms with van der Waals surface area (Å²) in [5, 5.41) is 3.09. The summed E-state index contributed by atoms with van der Waals surface area (Å²) >= 11 is 5.58. The molecule has 0 bridgehead atoms. The van der Waals surface area contributed by atoms with Gasteiger partial charge in [0.25, 0.3) is 0 Å². The van der Waals surface area contributed by atoms with Crippen molar-refractivity contribution in [3.05, 3.63) is 10.4 Å². The third-order valence-electron chi connectivity index (χ3n) is 2.48. The van der Waals surface area contributed by atoms with E-state index in [1.165, 1.54) is 0 Å². The van der Waals surface area contributed by atoms with Crippen LogP contribution in [0.15, 0.2) is 5.11 Å². The van der Waals surface area contributed by atoms with Gasteiger partial charge in [0.15, 0.2) is 0 Å². The van der Waals surface area contributed by atoms with E-state index >= 15 is 0 Å². The lowest BCUT2D eigenvalue weighted by Crippen LogP contribution is -2.28. The normalized spacial score (nSPS) is 13.5. The summed E-state index contributed by atoms with van der Waals surface area (Å²) in [4.78, 5) is 13.9. The average Bonchev–Trinajstić information content (AvgIpc) is 2.32. The summed E-state index contributed by atoms with van der Waals surface area (Å²) in [6, 6.07) is -1.18. The first-order valence-electron chi connectivity index (χ1n) is 5.96. The van der Waals surface area contributed by atoms with Gasteiger partial charge in [0, 0.05) is 16.8 Å². The second-order valence-corrected chi connectivity index (χ2v) is 5.24. The van der Waals surface area contributed by atoms with Crippen LogP contribution in [0.4, 0.5) is 13.2 Å². The summed E-state index contributed by atoms with van der Waals surface area (Å²) in [5.41, 5.74) is 7.37. The van der Waals surface area contributed by atoms with Crippen LogP contribution in [0.3, 0.4) is 0 Å². The Morgan fingerprint density at radius 2 is 2.05 bits per heavy atom. The van der Waals surface area contributed by atoms with E-state index in [0.717, 1.165) is 0 Å². The van der Waals surface area contributed by atoms with Gasteiger partial charge < -0.3 is 4.74 Å². The Morgan fingerprint density at radius 3 is 2.50 bits per heavy atom. The van der Waals surface area contributed by atoms with Crippen LogP contribution in [0.1, 0.15) is 33.1 Å². The number of carbonyl (C=O) groups excluding carboxylic acids is 1. The van der Waals surface area contributed by atoms with E-state index in [2.05, 4.69) is 10.0 Å². The van der Waals surface area contributed by atoms with Gasteiger partial charge in [-0.25, -0.2) is 0 Å². The van der Waals surface area contributed by atoms with Gasteiger partial charge in [-0.3, -0.25) is 4.79 Å². The molecule has 0 aliphatic heterocycles. The first kappa shape index (κ1) is 18.9. The van der Waals surface area contributed by atoms with Crippen LogP contribution >= 0.6 is 11.6 Å². The van der Waals surface area contributed by atoms with Crippen LogP contribution in [0.25, 0.3) is 10.4 Å². The van der Waals surface area contributed by atoms with Gasteiger partial charge in [0.1, 0.15) is 0 Å². The number of nitrogens with zero attached hydrogens (tertiary/aromatic N) is 3. The first-order chi connectivity index (χ1) is 9.12. The van der Waals surface area contributed by atoms with Crippen LogP contribution in [0.2, 0.25) is 0 Å². The van der Waals surface area contributed by atoms with E-state index in [1.807, 2.05) is 0 Å². The van der Waals surface area contributed by atoms with E-state index in [4.69, 9.17) is 21.9 Å². The van der Waals surface area contributed by atoms with Crippen molar-refractivity contribution in [3.8, 4) is 0 Å². The first-order valence-corrected chi connectivity index (χ1v) is 6.50. The molecule has 0 saturated carbocycles. The number of ether oxygens (including phenoxy) is 1. The average molecular weight is 316 g/mol. The Labute approximate surface area is 120 Å². The van der Waals surface area contributed by atoms with Gasteiger partial charge >= 0.3 is 12.1 Å². The molecule has 0 amide bonds. The fourth-order valence-corrected chi connectivity index (χ4v) is 1.38. The molecule has 1 atom stereocenters. The maximum Gasteiger partial charge on any atom is 0.389 e. The number of hydrogen-bond acceptors (Lipinski definition) is 3. The molecule has 0 aromatic carbocycles. The zero-order chi connectivity index (χ0) is 15.8. The van der Waals surface area contributed by atoms with E-state index in [1.54, 1.807) is 13.8 Å². The van der Waals surface area contributed by atoms with Crippen molar-refractivity contribution in [2.24, 2.45) is 10.5 Å². The zero-order valence-corrected chi connectivity index (χ0v) is 12.0. The Hall–Kier alpha value is -1.14. The summed E-state index contributed by atoms with van der Waals surface area (Å²) in [6.07, 6.45) is -5.39. The van der Waals surface area contributed by atoms with Crippen LogP contribution in [0, 0.1) is 5.41 Å². The third-order valence-corrected chi connectivity index (χ3v) is 3.15. The monoisotopic (exact) mass is 315 g/mol. The number of azide groups is 1. The topological polar surface area (TPSA) is 75.1 Å². The predicted molar refractivity (Wildman–Crippen MR) is 68.3 cm³/mol. The van der Waals surface area contributed by atoms with Gasteiger partial charge in [-0.15, -0.1) is 11.6 Å². The maximum atomic E-state index is 12.2. The molecule has 0 rings (SSSR count). The molecule has 116 valence electrons. The largest absolute Gasteiger partial charge is 0.465 e. The SMILES string of the molecule is CC(C)(CCl)C(=O)OCCCC(CC(F)(F)F)N=[N+]=[N-]. The van der Waals surface area contributed by atoms with Gasteiger partial charge in [-0.05, 0) is 32.2 Å². The highest BCUT2D eigenvalue weighted by Gasteiger charge is 2.31. The lowest BCUT2D eigenvalue weighted by Gasteiger charge is -2.19. The molecule has 0 N–H and O–H groups in total. The number of esters is 1. The molecule has 0 aromatic heterocycles. The van der Waals surface area contributed by atoms with Crippen molar-refractivity contribution in [1.82, 2.24) is 0 Å². The minimum absolute atomic E-state index is 0.00183. The Kier molecular flexibility index (Phi) is 7.75. The molecule has 9 heteroatoms. The minimum Gasteiger partial charge on any atom is -0.465 e. The van der Waals surface area contributed by atoms with Crippen LogP contribution in [0.5, 0.6) is 0 Å². The second-order valence-electron chi connectivity index (χ2n) is 4.97. The van der Waals surface area contributed by atoms with Gasteiger partial charge in [0.05, 0.1) is 18.4 Å². The van der Waals surface area contributed by atoms with Crippen molar-refractivity contribution in [2.45, 2.75) is 45.3 Å². The summed E-state index contributed by atoms with van der Waals surface area (Å²) in [7, 11) is 0. The molecule has 0 heterocycles. The fraction of sp³-hybridized carbons (Fsp3) is 0.909. The molecule has 20 heavy (non-hydrogen) atoms. The molecule has 0 spiro atoms. The van der Waals surface area contributed by atoms with Crippen LogP contribution in [-0.2, 0) is 9.53 Å². The van der Waals surface area contributed by atoms with E-state index in [9.17, 15) is 18.0 Å². The molecular weight excluding hydrogens is 299 g/mol. The van der Waals surface area contributed by atoms with Crippen molar-refractivity contribution >= 4 is 17.6 Å². The molecule has 0 saturated heterocycles. The molecule has 0 aliphatic rings. The van der Waals surface area contributed by atoms with E-state index in [-0.39, 0.29) is 25.3 Å². The van der Waals surface area contributed by atoms with Gasteiger partial charge in [0.2, 0.25) is 0 Å². The number of hydrogen-bond donors (Lipinski definition) is 0. The molecule has 0 fully saturated rings. The Morgan fingerprint density at radius 1 is 1.45 bits per heavy atom. The lowest BCUT2D eigenvalue weighted by molar-refractivity contribution is -0.153. The highest BCUT2D eigenvalue weighted by molar-refractivity contribution is 6.19. The van der Waals surface area contributed by atoms with Crippen molar-refractivity contribution in [1.29, 1.82) is 0 Å². The number of halogens is 4. The summed E-state index contributed by atoms with van der Waals surface area (Å²) in [6.45, 7) is 3.18. The highest BCUT2D eigenvalue weighted by Crippen LogP contribution is 2.25. The third kappa shape index (κ3) is 8.12. The molecule has 0 aliphatic carbocycles. The molecule has 0 aromatic rings. The highest BCUT2D eigenvalue weighted by atomic mass is 35.5. The standard InChI is InChI=1S/C11H17ClF3N3O2/c1-10(2,7-12)9(19)20-5-3-4-8(17-18-16)6-11(13,14)15/h8H,3-7H2,1-2H3. The predicted octanol–water partition coefficient (Wildman–Crippen LogP) is 4.21. The quantitative estimate of drug-likeness (QED) is 0.168. The van der Waals surface area contributed by atoms with Crippen molar-refractivity contribution < 1.29 is 22.7 Å². The van der Waals surface area contributed by atoms with Crippen molar-refractivity contribution in [2.75, 3.05) is 12.5 Å². The molecular formula is C11H17ClF3N3O2. The van der Waals surface area contributed by atoms with Crippen LogP contribution in [-0.4, -0.2) is 30.7 Å². The van der Waals surface area contributed by atoms with Gasteiger partial charge in [-0.2, -0.15) is 13.2 Å². The molecule has 0 radical (unpaired) electrons. The maximum absolute atomic E-state index is 12.2. The second kappa shape index (κ2) is 8.21.